The molecule has 0 radical (unpaired) electrons. The van der Waals surface area contributed by atoms with Crippen LogP contribution in [0.4, 0.5) is 8.78 Å². The van der Waals surface area contributed by atoms with Crippen LogP contribution in [0.5, 0.6) is 0 Å². The lowest BCUT2D eigenvalue weighted by molar-refractivity contribution is 0.0538. The largest absolute Gasteiger partial charge is 0.333 e. The van der Waals surface area contributed by atoms with E-state index in [4.69, 9.17) is 0 Å². The van der Waals surface area contributed by atoms with Crippen molar-refractivity contribution in [2.24, 2.45) is 17.8 Å². The first-order valence-electron chi connectivity index (χ1n) is 8.07. The fourth-order valence-electron chi connectivity index (χ4n) is 4.52. The fourth-order valence-corrected chi connectivity index (χ4v) is 6.22. The van der Waals surface area contributed by atoms with E-state index in [2.05, 4.69) is 9.82 Å². The number of halogens is 2. The Morgan fingerprint density at radius 1 is 1.26 bits per heavy atom. The molecule has 2 aliphatic carbocycles. The minimum absolute atomic E-state index is 0.0230. The molecule has 0 spiro atoms. The van der Waals surface area contributed by atoms with Crippen molar-refractivity contribution in [1.82, 2.24) is 14.5 Å². The summed E-state index contributed by atoms with van der Waals surface area (Å²) in [6.45, 7) is 1.84. The van der Waals surface area contributed by atoms with E-state index >= 15 is 0 Å². The van der Waals surface area contributed by atoms with Gasteiger partial charge in [0.1, 0.15) is 4.90 Å². The Hall–Kier alpha value is -1.02. The lowest BCUT2D eigenvalue weighted by Crippen LogP contribution is -2.40. The lowest BCUT2D eigenvalue weighted by Gasteiger charge is -2.28. The third-order valence-corrected chi connectivity index (χ3v) is 7.30. The number of hydrogen-bond acceptors (Lipinski definition) is 3. The van der Waals surface area contributed by atoms with E-state index in [9.17, 15) is 17.2 Å². The van der Waals surface area contributed by atoms with Gasteiger partial charge in [0.05, 0.1) is 11.4 Å². The summed E-state index contributed by atoms with van der Waals surface area (Å²) in [5.41, 5.74) is 0.0839. The van der Waals surface area contributed by atoms with Gasteiger partial charge in [0.15, 0.2) is 0 Å². The molecule has 8 heteroatoms. The molecule has 1 heterocycles. The number of aromatic nitrogens is 2. The zero-order valence-electron chi connectivity index (χ0n) is 13.6. The highest BCUT2D eigenvalue weighted by molar-refractivity contribution is 7.89. The molecule has 2 aliphatic rings. The third kappa shape index (κ3) is 2.91. The van der Waals surface area contributed by atoms with Crippen molar-refractivity contribution in [3.63, 3.8) is 0 Å². The molecule has 1 aromatic heterocycles. The Bertz CT molecular complexity index is 702. The van der Waals surface area contributed by atoms with E-state index in [0.29, 0.717) is 16.5 Å². The zero-order chi connectivity index (χ0) is 16.9. The first-order valence-corrected chi connectivity index (χ1v) is 9.55. The van der Waals surface area contributed by atoms with Gasteiger partial charge in [-0.3, -0.25) is 0 Å². The van der Waals surface area contributed by atoms with Crippen LogP contribution in [-0.2, 0) is 10.0 Å². The fraction of sp³-hybridized carbons (Fsp3) is 0.800. The van der Waals surface area contributed by atoms with Gasteiger partial charge in [-0.15, -0.1) is 0 Å². The summed E-state index contributed by atoms with van der Waals surface area (Å²) in [5, 5.41) is 3.67. The van der Waals surface area contributed by atoms with E-state index in [1.54, 1.807) is 0 Å². The van der Waals surface area contributed by atoms with Crippen LogP contribution in [0.1, 0.15) is 50.5 Å². The van der Waals surface area contributed by atoms with Crippen LogP contribution in [0, 0.1) is 31.6 Å². The van der Waals surface area contributed by atoms with Crippen LogP contribution >= 0.6 is 0 Å². The first-order chi connectivity index (χ1) is 10.7. The minimum atomic E-state index is -3.85. The standard InChI is InChI=1S/C15H23F2N3O2S/c1-8(13-7-11-4-5-12(13)6-11)19-23(21,22)14-9(2)18-20(10(14)3)15(16)17/h8,11-13,15,19H,4-7H2,1-3H3/t8-,11+,12+,13-/m1/s1. The number of rotatable bonds is 5. The summed E-state index contributed by atoms with van der Waals surface area (Å²) in [6, 6.07) is -0.191. The van der Waals surface area contributed by atoms with E-state index < -0.39 is 16.6 Å². The van der Waals surface area contributed by atoms with Gasteiger partial charge in [0, 0.05) is 6.04 Å². The molecule has 0 aliphatic heterocycles. The highest BCUT2D eigenvalue weighted by Gasteiger charge is 2.43. The van der Waals surface area contributed by atoms with E-state index in [1.807, 2.05) is 6.92 Å². The number of alkyl halides is 2. The Balaban J connectivity index is 1.82. The van der Waals surface area contributed by atoms with Gasteiger partial charge in [-0.05, 0) is 57.8 Å². The maximum Gasteiger partial charge on any atom is 0.333 e. The third-order valence-electron chi connectivity index (χ3n) is 5.49. The maximum atomic E-state index is 12.9. The molecular formula is C15H23F2N3O2S. The summed E-state index contributed by atoms with van der Waals surface area (Å²) >= 11 is 0. The predicted octanol–water partition coefficient (Wildman–Crippen LogP) is 3.00. The van der Waals surface area contributed by atoms with Gasteiger partial charge in [-0.2, -0.15) is 13.9 Å². The Labute approximate surface area is 135 Å². The topological polar surface area (TPSA) is 64.0 Å². The number of fused-ring (bicyclic) bond motifs is 2. The van der Waals surface area contributed by atoms with Crippen LogP contribution < -0.4 is 4.72 Å². The molecule has 3 rings (SSSR count). The number of nitrogens with zero attached hydrogens (tertiary/aromatic N) is 2. The SMILES string of the molecule is Cc1nn(C(F)F)c(C)c1S(=O)(=O)N[C@H](C)[C@H]1C[C@H]2CC[C@H]1C2. The number of aryl methyl sites for hydroxylation is 1. The second-order valence-electron chi connectivity index (χ2n) is 6.97. The van der Waals surface area contributed by atoms with Gasteiger partial charge in [0.25, 0.3) is 0 Å². The normalized spacial score (nSPS) is 28.7. The Kier molecular flexibility index (Phi) is 4.25. The first kappa shape index (κ1) is 16.8. The average Bonchev–Trinajstić information content (AvgIpc) is 3.12. The summed E-state index contributed by atoms with van der Waals surface area (Å²) in [5.74, 6) is 1.65. The van der Waals surface area contributed by atoms with Crippen LogP contribution in [-0.4, -0.2) is 24.2 Å². The van der Waals surface area contributed by atoms with Gasteiger partial charge >= 0.3 is 6.55 Å². The maximum absolute atomic E-state index is 12.9. The molecule has 0 saturated heterocycles. The van der Waals surface area contributed by atoms with Crippen LogP contribution in [0.25, 0.3) is 0 Å². The van der Waals surface area contributed by atoms with Gasteiger partial charge in [0.2, 0.25) is 10.0 Å². The Morgan fingerprint density at radius 2 is 1.96 bits per heavy atom. The second-order valence-corrected chi connectivity index (χ2v) is 8.62. The summed E-state index contributed by atoms with van der Waals surface area (Å²) in [7, 11) is -3.85. The summed E-state index contributed by atoms with van der Waals surface area (Å²) < 4.78 is 54.3. The molecule has 1 aromatic rings. The van der Waals surface area contributed by atoms with Gasteiger partial charge < -0.3 is 0 Å². The quantitative estimate of drug-likeness (QED) is 0.890. The van der Waals surface area contributed by atoms with Crippen molar-refractivity contribution in [2.75, 3.05) is 0 Å². The van der Waals surface area contributed by atoms with Crippen molar-refractivity contribution in [2.45, 2.75) is 63.9 Å². The molecule has 2 fully saturated rings. The van der Waals surface area contributed by atoms with Crippen LogP contribution in [0.15, 0.2) is 4.90 Å². The summed E-state index contributed by atoms with van der Waals surface area (Å²) in [4.78, 5) is -0.118. The highest BCUT2D eigenvalue weighted by atomic mass is 32.2. The number of sulfonamides is 1. The number of nitrogens with one attached hydrogen (secondary N) is 1. The van der Waals surface area contributed by atoms with E-state index in [-0.39, 0.29) is 22.3 Å². The van der Waals surface area contributed by atoms with E-state index in [0.717, 1.165) is 12.3 Å². The van der Waals surface area contributed by atoms with Gasteiger partial charge in [-0.1, -0.05) is 6.42 Å². The smallest absolute Gasteiger partial charge is 0.208 e. The highest BCUT2D eigenvalue weighted by Crippen LogP contribution is 2.49. The van der Waals surface area contributed by atoms with Crippen molar-refractivity contribution < 1.29 is 17.2 Å². The molecule has 0 unspecified atom stereocenters. The predicted molar refractivity (Wildman–Crippen MR) is 81.7 cm³/mol. The molecule has 2 saturated carbocycles. The monoisotopic (exact) mass is 347 g/mol. The molecule has 23 heavy (non-hydrogen) atoms. The minimum Gasteiger partial charge on any atom is -0.208 e. The van der Waals surface area contributed by atoms with Crippen LogP contribution in [0.3, 0.4) is 0 Å². The molecule has 5 nitrogen and oxygen atoms in total. The lowest BCUT2D eigenvalue weighted by atomic mass is 9.84. The molecule has 4 atom stereocenters. The van der Waals surface area contributed by atoms with Crippen molar-refractivity contribution in [3.05, 3.63) is 11.4 Å². The van der Waals surface area contributed by atoms with Crippen LogP contribution in [0.2, 0.25) is 0 Å². The average molecular weight is 347 g/mol. The van der Waals surface area contributed by atoms with Gasteiger partial charge in [-0.25, -0.2) is 17.8 Å². The molecule has 0 amide bonds. The van der Waals surface area contributed by atoms with Crippen molar-refractivity contribution >= 4 is 10.0 Å². The number of hydrogen-bond donors (Lipinski definition) is 1. The van der Waals surface area contributed by atoms with E-state index in [1.165, 1.54) is 33.1 Å². The Morgan fingerprint density at radius 3 is 2.43 bits per heavy atom. The van der Waals surface area contributed by atoms with Crippen molar-refractivity contribution in [3.8, 4) is 0 Å². The summed E-state index contributed by atoms with van der Waals surface area (Å²) in [6.07, 6.45) is 4.67. The molecule has 2 bridgehead atoms. The second kappa shape index (κ2) is 5.81. The molecule has 1 N–H and O–H groups in total. The zero-order valence-corrected chi connectivity index (χ0v) is 14.4. The molecule has 0 aromatic carbocycles. The molecular weight excluding hydrogens is 324 g/mol. The molecule has 130 valence electrons. The van der Waals surface area contributed by atoms with Crippen molar-refractivity contribution in [1.29, 1.82) is 0 Å².